The second kappa shape index (κ2) is 10.3. The molecule has 1 aromatic carbocycles. The molecular formula is C26H25ClIN5. The number of aromatic nitrogens is 4. The van der Waals surface area contributed by atoms with Crippen molar-refractivity contribution < 1.29 is 0 Å². The zero-order valence-electron chi connectivity index (χ0n) is 18.2. The van der Waals surface area contributed by atoms with Crippen molar-refractivity contribution in [1.82, 2.24) is 24.8 Å². The molecule has 168 valence electrons. The van der Waals surface area contributed by atoms with Crippen LogP contribution in [0.25, 0.3) is 22.5 Å². The van der Waals surface area contributed by atoms with Gasteiger partial charge in [-0.05, 0) is 96.9 Å². The maximum atomic E-state index is 6.44. The number of hydrogen-bond donors (Lipinski definition) is 1. The van der Waals surface area contributed by atoms with Crippen molar-refractivity contribution in [3.05, 3.63) is 87.2 Å². The van der Waals surface area contributed by atoms with Gasteiger partial charge < -0.3 is 9.88 Å². The first kappa shape index (κ1) is 22.5. The Labute approximate surface area is 212 Å². The third-order valence-electron chi connectivity index (χ3n) is 6.32. The van der Waals surface area contributed by atoms with Gasteiger partial charge in [0.2, 0.25) is 0 Å². The van der Waals surface area contributed by atoms with Crippen molar-refractivity contribution in [3.63, 3.8) is 0 Å². The lowest BCUT2D eigenvalue weighted by molar-refractivity contribution is 0.212. The molecular weight excluding hydrogens is 545 g/mol. The topological polar surface area (TPSA) is 57.7 Å². The highest BCUT2D eigenvalue weighted by Gasteiger charge is 2.25. The Bertz CT molecular complexity index is 1200. The van der Waals surface area contributed by atoms with Gasteiger partial charge in [-0.25, -0.2) is 4.98 Å². The highest BCUT2D eigenvalue weighted by Crippen LogP contribution is 2.36. The predicted molar refractivity (Wildman–Crippen MR) is 141 cm³/mol. The van der Waals surface area contributed by atoms with E-state index in [0.29, 0.717) is 5.92 Å². The Morgan fingerprint density at radius 2 is 1.64 bits per heavy atom. The van der Waals surface area contributed by atoms with E-state index < -0.39 is 0 Å². The second-order valence-electron chi connectivity index (χ2n) is 8.43. The van der Waals surface area contributed by atoms with E-state index in [-0.39, 0.29) is 0 Å². The van der Waals surface area contributed by atoms with Crippen LogP contribution in [0, 0.1) is 3.57 Å². The van der Waals surface area contributed by atoms with Crippen LogP contribution in [0.1, 0.15) is 30.1 Å². The Hall–Kier alpha value is -2.29. The van der Waals surface area contributed by atoms with Gasteiger partial charge in [0.1, 0.15) is 5.82 Å². The first-order chi connectivity index (χ1) is 16.2. The first-order valence-electron chi connectivity index (χ1n) is 11.2. The highest BCUT2D eigenvalue weighted by atomic mass is 127. The molecule has 1 N–H and O–H groups in total. The summed E-state index contributed by atoms with van der Waals surface area (Å²) in [7, 11) is 0. The van der Waals surface area contributed by atoms with Crippen molar-refractivity contribution in [2.24, 2.45) is 0 Å². The van der Waals surface area contributed by atoms with E-state index in [9.17, 15) is 0 Å². The predicted octanol–water partition coefficient (Wildman–Crippen LogP) is 6.21. The fourth-order valence-corrected chi connectivity index (χ4v) is 4.95. The van der Waals surface area contributed by atoms with E-state index in [1.807, 2.05) is 49.1 Å². The number of pyridine rings is 2. The van der Waals surface area contributed by atoms with Gasteiger partial charge in [-0.3, -0.25) is 9.97 Å². The lowest BCUT2D eigenvalue weighted by atomic mass is 9.96. The van der Waals surface area contributed by atoms with Gasteiger partial charge in [0.15, 0.2) is 0 Å². The zero-order valence-corrected chi connectivity index (χ0v) is 21.1. The van der Waals surface area contributed by atoms with Crippen LogP contribution in [0.3, 0.4) is 0 Å². The molecule has 1 aliphatic rings. The normalized spacial score (nSPS) is 15.1. The second-order valence-corrected chi connectivity index (χ2v) is 10.0. The number of imidazole rings is 1. The lowest BCUT2D eigenvalue weighted by Gasteiger charge is -2.31. The highest BCUT2D eigenvalue weighted by molar-refractivity contribution is 14.1. The molecule has 5 nitrogen and oxygen atoms in total. The SMILES string of the molecule is Clc1cc(-c2nc(C3CCN(CCc4ccncc4)CC3)[nH]c2-c2ccncc2)ccc1I. The Balaban J connectivity index is 1.34. The van der Waals surface area contributed by atoms with E-state index in [4.69, 9.17) is 16.6 Å². The van der Waals surface area contributed by atoms with Crippen molar-refractivity contribution in [1.29, 1.82) is 0 Å². The van der Waals surface area contributed by atoms with E-state index >= 15 is 0 Å². The molecule has 0 unspecified atom stereocenters. The molecule has 1 fully saturated rings. The van der Waals surface area contributed by atoms with Crippen molar-refractivity contribution in [2.45, 2.75) is 25.2 Å². The zero-order chi connectivity index (χ0) is 22.6. The maximum Gasteiger partial charge on any atom is 0.110 e. The van der Waals surface area contributed by atoms with Crippen molar-refractivity contribution in [3.8, 4) is 22.5 Å². The molecule has 5 rings (SSSR count). The number of nitrogens with one attached hydrogen (secondary N) is 1. The summed E-state index contributed by atoms with van der Waals surface area (Å²) in [6, 6.07) is 14.4. The number of rotatable bonds is 6. The number of piperidine rings is 1. The van der Waals surface area contributed by atoms with E-state index in [1.54, 1.807) is 0 Å². The third-order valence-corrected chi connectivity index (χ3v) is 7.90. The van der Waals surface area contributed by atoms with Gasteiger partial charge in [0, 0.05) is 51.9 Å². The average Bonchev–Trinajstić information content (AvgIpc) is 3.31. The van der Waals surface area contributed by atoms with Crippen molar-refractivity contribution >= 4 is 34.2 Å². The summed E-state index contributed by atoms with van der Waals surface area (Å²) >= 11 is 8.70. The van der Waals surface area contributed by atoms with Gasteiger partial charge in [-0.1, -0.05) is 17.7 Å². The minimum Gasteiger partial charge on any atom is -0.341 e. The quantitative estimate of drug-likeness (QED) is 0.280. The largest absolute Gasteiger partial charge is 0.341 e. The monoisotopic (exact) mass is 569 g/mol. The standard InChI is InChI=1S/C26H25ClIN5/c27-22-17-21(1-2-23(22)28)25-24(19-5-12-30-13-6-19)31-26(32-25)20-8-15-33(16-9-20)14-7-18-3-10-29-11-4-18/h1-6,10-13,17,20H,7-9,14-16H2,(H,31,32). The molecule has 0 aliphatic carbocycles. The van der Waals surface area contributed by atoms with Gasteiger partial charge in [0.25, 0.3) is 0 Å². The minimum absolute atomic E-state index is 0.427. The number of halogens is 2. The number of hydrogen-bond acceptors (Lipinski definition) is 4. The molecule has 0 spiro atoms. The molecule has 1 aliphatic heterocycles. The fourth-order valence-electron chi connectivity index (χ4n) is 4.43. The third kappa shape index (κ3) is 5.28. The Kier molecular flexibility index (Phi) is 7.04. The molecule has 0 amide bonds. The summed E-state index contributed by atoms with van der Waals surface area (Å²) in [4.78, 5) is 19.6. The molecule has 1 saturated heterocycles. The number of nitrogens with zero attached hydrogens (tertiary/aromatic N) is 4. The van der Waals surface area contributed by atoms with Crippen LogP contribution in [0.15, 0.2) is 67.3 Å². The number of likely N-dealkylation sites (tertiary alicyclic amines) is 1. The number of aromatic amines is 1. The van der Waals surface area contributed by atoms with Gasteiger partial charge >= 0.3 is 0 Å². The van der Waals surface area contributed by atoms with E-state index in [0.717, 1.165) is 75.8 Å². The van der Waals surface area contributed by atoms with Crippen LogP contribution in [0.2, 0.25) is 5.02 Å². The van der Waals surface area contributed by atoms with Crippen LogP contribution in [-0.4, -0.2) is 44.5 Å². The average molecular weight is 570 g/mol. The molecule has 0 bridgehead atoms. The van der Waals surface area contributed by atoms with Crippen LogP contribution >= 0.6 is 34.2 Å². The summed E-state index contributed by atoms with van der Waals surface area (Å²) in [6.07, 6.45) is 10.7. The Morgan fingerprint density at radius 3 is 2.33 bits per heavy atom. The van der Waals surface area contributed by atoms with Gasteiger partial charge in [-0.2, -0.15) is 0 Å². The van der Waals surface area contributed by atoms with Gasteiger partial charge in [-0.15, -0.1) is 0 Å². The maximum absolute atomic E-state index is 6.44. The summed E-state index contributed by atoms with van der Waals surface area (Å²) < 4.78 is 1.04. The van der Waals surface area contributed by atoms with Crippen LogP contribution < -0.4 is 0 Å². The molecule has 0 saturated carbocycles. The molecule has 0 radical (unpaired) electrons. The van der Waals surface area contributed by atoms with Crippen LogP contribution in [-0.2, 0) is 6.42 Å². The van der Waals surface area contributed by atoms with E-state index in [1.165, 1.54) is 5.56 Å². The molecule has 7 heteroatoms. The fraction of sp³-hybridized carbons (Fsp3) is 0.269. The molecule has 3 aromatic heterocycles. The smallest absolute Gasteiger partial charge is 0.110 e. The molecule has 33 heavy (non-hydrogen) atoms. The number of H-pyrrole nitrogens is 1. The number of benzene rings is 1. The van der Waals surface area contributed by atoms with Gasteiger partial charge in [0.05, 0.1) is 16.4 Å². The van der Waals surface area contributed by atoms with E-state index in [2.05, 4.69) is 60.6 Å². The molecule has 4 heterocycles. The molecule has 0 atom stereocenters. The molecule has 4 aromatic rings. The summed E-state index contributed by atoms with van der Waals surface area (Å²) in [6.45, 7) is 3.26. The minimum atomic E-state index is 0.427. The van der Waals surface area contributed by atoms with Crippen LogP contribution in [0.4, 0.5) is 0 Å². The summed E-state index contributed by atoms with van der Waals surface area (Å²) in [5.41, 5.74) is 5.45. The van der Waals surface area contributed by atoms with Crippen LogP contribution in [0.5, 0.6) is 0 Å². The summed E-state index contributed by atoms with van der Waals surface area (Å²) in [5, 5.41) is 0.751. The van der Waals surface area contributed by atoms with Crippen molar-refractivity contribution in [2.75, 3.05) is 19.6 Å². The summed E-state index contributed by atoms with van der Waals surface area (Å²) in [5.74, 6) is 1.50. The Morgan fingerprint density at radius 1 is 0.939 bits per heavy atom. The first-order valence-corrected chi connectivity index (χ1v) is 12.7. The lowest BCUT2D eigenvalue weighted by Crippen LogP contribution is -2.34.